The summed E-state index contributed by atoms with van der Waals surface area (Å²) in [5, 5.41) is 0.626. The van der Waals surface area contributed by atoms with Crippen molar-refractivity contribution in [1.82, 2.24) is 4.98 Å². The Morgan fingerprint density at radius 3 is 2.40 bits per heavy atom. The van der Waals surface area contributed by atoms with Crippen LogP contribution in [0.15, 0.2) is 59.2 Å². The number of fused-ring (bicyclic) bond motifs is 1. The van der Waals surface area contributed by atoms with E-state index < -0.39 is 35.9 Å². The van der Waals surface area contributed by atoms with E-state index in [9.17, 15) is 21.6 Å². The molecule has 0 saturated heterocycles. The number of hydrogen-bond donors (Lipinski definition) is 1. The minimum atomic E-state index is -5.71. The first kappa shape index (κ1) is 18.7. The molecule has 0 fully saturated rings. The van der Waals surface area contributed by atoms with Gasteiger partial charge in [0.1, 0.15) is 0 Å². The first-order chi connectivity index (χ1) is 11.7. The van der Waals surface area contributed by atoms with Crippen molar-refractivity contribution in [3.8, 4) is 0 Å². The van der Waals surface area contributed by atoms with Gasteiger partial charge in [0.2, 0.25) is 0 Å². The summed E-state index contributed by atoms with van der Waals surface area (Å²) in [4.78, 5) is 2.95. The zero-order valence-corrected chi connectivity index (χ0v) is 16.8. The monoisotopic (exact) mass is 547 g/mol. The molecular formula is C15H10BrF3INO3S. The standard InChI is InChI=1S/C15H10BrF3INO3S/c16-10-6-7-14-12(8-10)13(9-21-14)20(11-4-2-1-3-5-11)24-25(22,23)15(17,18)19/h1-9,21H. The molecule has 0 amide bonds. The normalized spacial score (nSPS) is 13.2. The number of hydrogen-bond acceptors (Lipinski definition) is 3. The number of nitrogens with one attached hydrogen (secondary N) is 1. The van der Waals surface area contributed by atoms with E-state index >= 15 is 0 Å². The summed E-state index contributed by atoms with van der Waals surface area (Å²) in [6, 6.07) is 13.4. The van der Waals surface area contributed by atoms with Gasteiger partial charge >= 0.3 is 158 Å². The molecule has 0 radical (unpaired) electrons. The van der Waals surface area contributed by atoms with Crippen molar-refractivity contribution in [3.63, 3.8) is 0 Å². The van der Waals surface area contributed by atoms with Crippen LogP contribution in [0.4, 0.5) is 13.2 Å². The third-order valence-electron chi connectivity index (χ3n) is 3.14. The number of aromatic amines is 1. The van der Waals surface area contributed by atoms with Gasteiger partial charge in [0, 0.05) is 0 Å². The predicted octanol–water partition coefficient (Wildman–Crippen LogP) is 5.26. The fraction of sp³-hybridized carbons (Fsp3) is 0.0667. The average Bonchev–Trinajstić information content (AvgIpc) is 2.95. The SMILES string of the molecule is O=S(=O)(OI(c1ccccc1)c1c[nH]c2ccc(Br)cc12)C(F)(F)F. The topological polar surface area (TPSA) is 59.2 Å². The van der Waals surface area contributed by atoms with Crippen LogP contribution in [0.25, 0.3) is 10.9 Å². The number of aromatic nitrogens is 1. The van der Waals surface area contributed by atoms with Gasteiger partial charge in [-0.3, -0.25) is 0 Å². The fourth-order valence-electron chi connectivity index (χ4n) is 2.04. The van der Waals surface area contributed by atoms with E-state index in [2.05, 4.69) is 20.9 Å². The van der Waals surface area contributed by atoms with E-state index in [1.807, 2.05) is 0 Å². The number of H-pyrrole nitrogens is 1. The molecule has 1 heterocycles. The number of rotatable bonds is 4. The van der Waals surface area contributed by atoms with Gasteiger partial charge in [-0.05, 0) is 0 Å². The number of benzene rings is 2. The van der Waals surface area contributed by atoms with Crippen molar-refractivity contribution in [2.75, 3.05) is 0 Å². The molecule has 2 aromatic carbocycles. The molecular weight excluding hydrogens is 538 g/mol. The molecule has 0 aliphatic heterocycles. The Balaban J connectivity index is 2.16. The van der Waals surface area contributed by atoms with Gasteiger partial charge in [-0.2, -0.15) is 0 Å². The zero-order chi connectivity index (χ0) is 18.2. The van der Waals surface area contributed by atoms with E-state index in [1.165, 1.54) is 6.20 Å². The maximum absolute atomic E-state index is 12.8. The van der Waals surface area contributed by atoms with Crippen LogP contribution in [0.3, 0.4) is 0 Å². The Morgan fingerprint density at radius 1 is 1.08 bits per heavy atom. The summed E-state index contributed by atoms with van der Waals surface area (Å²) in [6.45, 7) is 0. The Bertz CT molecular complexity index is 1010. The van der Waals surface area contributed by atoms with Gasteiger partial charge in [0.25, 0.3) is 0 Å². The van der Waals surface area contributed by atoms with Gasteiger partial charge in [0.15, 0.2) is 0 Å². The van der Waals surface area contributed by atoms with E-state index in [1.54, 1.807) is 48.5 Å². The van der Waals surface area contributed by atoms with E-state index in [4.69, 9.17) is 2.51 Å². The Morgan fingerprint density at radius 2 is 1.76 bits per heavy atom. The van der Waals surface area contributed by atoms with Crippen molar-refractivity contribution >= 4 is 57.2 Å². The van der Waals surface area contributed by atoms with Gasteiger partial charge in [0.05, 0.1) is 0 Å². The van der Waals surface area contributed by atoms with Crippen LogP contribution in [0.1, 0.15) is 0 Å². The summed E-state index contributed by atoms with van der Waals surface area (Å²) in [5.41, 5.74) is -4.78. The predicted molar refractivity (Wildman–Crippen MR) is 99.9 cm³/mol. The molecule has 4 nitrogen and oxygen atoms in total. The second-order valence-electron chi connectivity index (χ2n) is 4.83. The fourth-order valence-corrected chi connectivity index (χ4v) is 9.16. The molecule has 0 spiro atoms. The second-order valence-corrected chi connectivity index (χ2v) is 12.2. The number of halogens is 5. The van der Waals surface area contributed by atoms with Crippen LogP contribution < -0.4 is 0 Å². The van der Waals surface area contributed by atoms with E-state index in [-0.39, 0.29) is 0 Å². The van der Waals surface area contributed by atoms with Gasteiger partial charge in [-0.25, -0.2) is 0 Å². The molecule has 0 atom stereocenters. The van der Waals surface area contributed by atoms with Crippen LogP contribution >= 0.6 is 36.2 Å². The maximum atomic E-state index is 12.8. The molecule has 3 aromatic rings. The minimum absolute atomic E-state index is 0.444. The molecule has 10 heteroatoms. The van der Waals surface area contributed by atoms with E-state index in [0.717, 1.165) is 4.47 Å². The second kappa shape index (κ2) is 6.89. The van der Waals surface area contributed by atoms with Crippen molar-refractivity contribution < 1.29 is 24.1 Å². The molecule has 134 valence electrons. The zero-order valence-electron chi connectivity index (χ0n) is 12.2. The van der Waals surface area contributed by atoms with Crippen molar-refractivity contribution in [1.29, 1.82) is 0 Å². The molecule has 0 aliphatic carbocycles. The van der Waals surface area contributed by atoms with Crippen LogP contribution in [-0.2, 0) is 12.6 Å². The van der Waals surface area contributed by atoms with Crippen molar-refractivity contribution in [3.05, 3.63) is 66.3 Å². The van der Waals surface area contributed by atoms with Gasteiger partial charge < -0.3 is 0 Å². The van der Waals surface area contributed by atoms with Crippen molar-refractivity contribution in [2.24, 2.45) is 0 Å². The first-order valence-corrected chi connectivity index (χ1v) is 12.0. The van der Waals surface area contributed by atoms with Crippen LogP contribution in [0.2, 0.25) is 0 Å². The Hall–Kier alpha value is -1.11. The quantitative estimate of drug-likeness (QED) is 0.358. The van der Waals surface area contributed by atoms with Crippen LogP contribution in [-0.4, -0.2) is 18.9 Å². The summed E-state index contributed by atoms with van der Waals surface area (Å²) in [5.74, 6) is 0. The third kappa shape index (κ3) is 3.86. The summed E-state index contributed by atoms with van der Waals surface area (Å²) in [7, 11) is -5.71. The third-order valence-corrected chi connectivity index (χ3v) is 10.8. The van der Waals surface area contributed by atoms with Crippen molar-refractivity contribution in [2.45, 2.75) is 5.51 Å². The van der Waals surface area contributed by atoms with Gasteiger partial charge in [-0.15, -0.1) is 0 Å². The molecule has 1 aromatic heterocycles. The Labute approximate surface area is 157 Å². The van der Waals surface area contributed by atoms with E-state index in [0.29, 0.717) is 18.0 Å². The first-order valence-electron chi connectivity index (χ1n) is 6.72. The molecule has 1 N–H and O–H groups in total. The molecule has 3 rings (SSSR count). The summed E-state index contributed by atoms with van der Waals surface area (Å²) >= 11 is -0.0635. The molecule has 0 aliphatic rings. The van der Waals surface area contributed by atoms with Crippen LogP contribution in [0.5, 0.6) is 0 Å². The molecule has 0 saturated carbocycles. The van der Waals surface area contributed by atoms with Crippen LogP contribution in [0, 0.1) is 7.14 Å². The summed E-state index contributed by atoms with van der Waals surface area (Å²) in [6.07, 6.45) is 1.51. The average molecular weight is 548 g/mol. The van der Waals surface area contributed by atoms with Gasteiger partial charge in [-0.1, -0.05) is 0 Å². The molecule has 0 bridgehead atoms. The number of alkyl halides is 3. The molecule has 0 unspecified atom stereocenters. The molecule has 25 heavy (non-hydrogen) atoms. The summed E-state index contributed by atoms with van der Waals surface area (Å²) < 4.78 is 68.1. The Kier molecular flexibility index (Phi) is 5.15.